The Morgan fingerprint density at radius 2 is 1.90 bits per heavy atom. The summed E-state index contributed by atoms with van der Waals surface area (Å²) < 4.78 is 29.9. The Labute approximate surface area is 247 Å². The van der Waals surface area contributed by atoms with Crippen molar-refractivity contribution in [1.29, 1.82) is 0 Å². The summed E-state index contributed by atoms with van der Waals surface area (Å²) in [5.41, 5.74) is 0.532. The molecule has 0 bridgehead atoms. The van der Waals surface area contributed by atoms with E-state index in [0.29, 0.717) is 47.9 Å². The second kappa shape index (κ2) is 12.8. The molecule has 1 saturated heterocycles. The molecule has 12 heteroatoms. The van der Waals surface area contributed by atoms with Gasteiger partial charge in [0.2, 0.25) is 5.91 Å². The predicted octanol–water partition coefficient (Wildman–Crippen LogP) is 5.25. The van der Waals surface area contributed by atoms with Gasteiger partial charge in [-0.2, -0.15) is 0 Å². The average Bonchev–Trinajstić information content (AvgIpc) is 3.48. The van der Waals surface area contributed by atoms with E-state index in [2.05, 4.69) is 15.6 Å². The maximum atomic E-state index is 13.6. The lowest BCUT2D eigenvalue weighted by atomic mass is 10.1. The number of aromatic nitrogens is 1. The quantitative estimate of drug-likeness (QED) is 0.310. The van der Waals surface area contributed by atoms with E-state index in [9.17, 15) is 18.8 Å². The molecule has 1 unspecified atom stereocenters. The number of ether oxygens (including phenoxy) is 3. The Balaban J connectivity index is 1.35. The van der Waals surface area contributed by atoms with Gasteiger partial charge >= 0.3 is 6.09 Å². The molecule has 1 aliphatic carbocycles. The Kier molecular flexibility index (Phi) is 8.91. The number of likely N-dealkylation sites (tertiary alicyclic amines) is 1. The van der Waals surface area contributed by atoms with Crippen LogP contribution in [0.25, 0.3) is 0 Å². The van der Waals surface area contributed by atoms with Gasteiger partial charge in [0.1, 0.15) is 34.8 Å². The third-order valence-electron chi connectivity index (χ3n) is 7.59. The van der Waals surface area contributed by atoms with Gasteiger partial charge in [-0.15, -0.1) is 0 Å². The van der Waals surface area contributed by atoms with E-state index in [1.807, 2.05) is 30.3 Å². The van der Waals surface area contributed by atoms with Gasteiger partial charge in [-0.3, -0.25) is 14.5 Å². The lowest BCUT2D eigenvalue weighted by molar-refractivity contribution is -0.121. The number of rotatable bonds is 11. The summed E-state index contributed by atoms with van der Waals surface area (Å²) in [5, 5.41) is 6.31. The zero-order valence-electron chi connectivity index (χ0n) is 23.5. The molecular formula is C30H33FN4O6S. The molecule has 2 N–H and O–H groups in total. The van der Waals surface area contributed by atoms with Gasteiger partial charge in [0.05, 0.1) is 25.7 Å². The van der Waals surface area contributed by atoms with E-state index < -0.39 is 36.0 Å². The summed E-state index contributed by atoms with van der Waals surface area (Å²) in [6, 6.07) is 14.2. The van der Waals surface area contributed by atoms with Crippen molar-refractivity contribution in [2.24, 2.45) is 5.41 Å². The fourth-order valence-corrected chi connectivity index (χ4v) is 5.93. The summed E-state index contributed by atoms with van der Waals surface area (Å²) in [4.78, 5) is 45.6. The SMILES string of the molecule is COc1ccc(CNC(=O)c2nc(C3CCCN3C(=O)OCc3ccccc3)sc2NC(=O)C2(CF)CC2)c(OC)c1. The van der Waals surface area contributed by atoms with Crippen molar-refractivity contribution in [2.75, 3.05) is 32.8 Å². The molecule has 5 rings (SSSR count). The summed E-state index contributed by atoms with van der Waals surface area (Å²) in [6.45, 7) is -0.0336. The molecule has 2 aromatic carbocycles. The second-order valence-corrected chi connectivity index (χ2v) is 11.4. The zero-order chi connectivity index (χ0) is 29.7. The van der Waals surface area contributed by atoms with Crippen molar-refractivity contribution in [1.82, 2.24) is 15.2 Å². The van der Waals surface area contributed by atoms with Gasteiger partial charge in [0.25, 0.3) is 5.91 Å². The minimum absolute atomic E-state index is 0.00925. The minimum atomic E-state index is -1.06. The lowest BCUT2D eigenvalue weighted by Gasteiger charge is -2.22. The maximum absolute atomic E-state index is 13.6. The van der Waals surface area contributed by atoms with Crippen molar-refractivity contribution < 1.29 is 33.0 Å². The van der Waals surface area contributed by atoms with Crippen LogP contribution in [0.4, 0.5) is 14.2 Å². The standard InChI is InChI=1S/C30H33FN4O6S/c1-39-21-11-10-20(23(15-21)40-2)16-32-25(36)24-27(34-28(37)30(18-31)12-13-30)42-26(33-24)22-9-6-14-35(22)29(38)41-17-19-7-4-3-5-8-19/h3-5,7-8,10-11,15,22H,6,9,12-14,16-18H2,1-2H3,(H,32,36)(H,34,37). The molecule has 1 aliphatic heterocycles. The van der Waals surface area contributed by atoms with Gasteiger partial charge in [0.15, 0.2) is 5.69 Å². The number of halogens is 1. The fourth-order valence-electron chi connectivity index (χ4n) is 4.83. The molecular weight excluding hydrogens is 563 g/mol. The molecule has 42 heavy (non-hydrogen) atoms. The first-order chi connectivity index (χ1) is 20.4. The molecule has 2 fully saturated rings. The number of nitrogens with one attached hydrogen (secondary N) is 2. The number of thiazole rings is 1. The van der Waals surface area contributed by atoms with Crippen molar-refractivity contribution in [3.05, 3.63) is 70.4 Å². The highest BCUT2D eigenvalue weighted by Crippen LogP contribution is 2.47. The molecule has 1 aromatic heterocycles. The first-order valence-electron chi connectivity index (χ1n) is 13.7. The molecule has 3 amide bonds. The van der Waals surface area contributed by atoms with Crippen molar-refractivity contribution >= 4 is 34.2 Å². The molecule has 0 radical (unpaired) electrons. The van der Waals surface area contributed by atoms with Gasteiger partial charge in [0, 0.05) is 24.7 Å². The predicted molar refractivity (Wildman–Crippen MR) is 154 cm³/mol. The number of nitrogens with zero attached hydrogens (tertiary/aromatic N) is 2. The van der Waals surface area contributed by atoms with Crippen LogP contribution < -0.4 is 20.1 Å². The summed E-state index contributed by atoms with van der Waals surface area (Å²) in [6.07, 6.45) is 1.78. The van der Waals surface area contributed by atoms with Gasteiger partial charge in [-0.1, -0.05) is 41.7 Å². The fraction of sp³-hybridized carbons (Fsp3) is 0.400. The first-order valence-corrected chi connectivity index (χ1v) is 14.5. The molecule has 222 valence electrons. The number of anilines is 1. The highest BCUT2D eigenvalue weighted by atomic mass is 32.1. The van der Waals surface area contributed by atoms with E-state index in [0.717, 1.165) is 23.3 Å². The van der Waals surface area contributed by atoms with Gasteiger partial charge < -0.3 is 24.8 Å². The minimum Gasteiger partial charge on any atom is -0.497 e. The van der Waals surface area contributed by atoms with Crippen LogP contribution in [0.5, 0.6) is 11.5 Å². The Morgan fingerprint density at radius 3 is 2.60 bits per heavy atom. The van der Waals surface area contributed by atoms with Crippen LogP contribution in [0.1, 0.15) is 58.3 Å². The van der Waals surface area contributed by atoms with Crippen molar-refractivity contribution in [3.8, 4) is 11.5 Å². The number of alkyl halides is 1. The zero-order valence-corrected chi connectivity index (χ0v) is 24.3. The van der Waals surface area contributed by atoms with Crippen LogP contribution >= 0.6 is 11.3 Å². The third-order valence-corrected chi connectivity index (χ3v) is 8.66. The van der Waals surface area contributed by atoms with Crippen LogP contribution in [0.3, 0.4) is 0 Å². The molecule has 0 spiro atoms. The van der Waals surface area contributed by atoms with Crippen LogP contribution in [0.15, 0.2) is 48.5 Å². The highest BCUT2D eigenvalue weighted by molar-refractivity contribution is 7.16. The smallest absolute Gasteiger partial charge is 0.410 e. The van der Waals surface area contributed by atoms with Crippen LogP contribution in [0, 0.1) is 5.41 Å². The van der Waals surface area contributed by atoms with E-state index in [4.69, 9.17) is 14.2 Å². The van der Waals surface area contributed by atoms with Crippen molar-refractivity contribution in [3.63, 3.8) is 0 Å². The summed E-state index contributed by atoms with van der Waals surface area (Å²) in [7, 11) is 3.08. The third kappa shape index (κ3) is 6.33. The molecule has 2 heterocycles. The Bertz CT molecular complexity index is 1440. The number of amides is 3. The molecule has 1 saturated carbocycles. The average molecular weight is 597 g/mol. The van der Waals surface area contributed by atoms with E-state index in [1.165, 1.54) is 7.11 Å². The molecule has 1 atom stereocenters. The Morgan fingerprint density at radius 1 is 1.12 bits per heavy atom. The molecule has 10 nitrogen and oxygen atoms in total. The van der Waals surface area contributed by atoms with Crippen LogP contribution in [0.2, 0.25) is 0 Å². The van der Waals surface area contributed by atoms with Crippen molar-refractivity contribution in [2.45, 2.75) is 44.9 Å². The number of carbonyl (C=O) groups excluding carboxylic acids is 3. The number of methoxy groups -OCH3 is 2. The summed E-state index contributed by atoms with van der Waals surface area (Å²) in [5.74, 6) is 0.154. The number of carbonyl (C=O) groups is 3. The second-order valence-electron chi connectivity index (χ2n) is 10.3. The highest BCUT2D eigenvalue weighted by Gasteiger charge is 2.50. The number of hydrogen-bond donors (Lipinski definition) is 2. The number of benzene rings is 2. The van der Waals surface area contributed by atoms with Crippen LogP contribution in [-0.4, -0.2) is 55.2 Å². The normalized spacial score (nSPS) is 16.9. The van der Waals surface area contributed by atoms with E-state index in [-0.39, 0.29) is 23.8 Å². The molecule has 2 aliphatic rings. The lowest BCUT2D eigenvalue weighted by Crippen LogP contribution is -2.31. The van der Waals surface area contributed by atoms with E-state index >= 15 is 0 Å². The van der Waals surface area contributed by atoms with E-state index in [1.54, 1.807) is 30.2 Å². The largest absolute Gasteiger partial charge is 0.497 e. The first kappa shape index (κ1) is 29.3. The summed E-state index contributed by atoms with van der Waals surface area (Å²) >= 11 is 1.12. The molecule has 3 aromatic rings. The van der Waals surface area contributed by atoms with Gasteiger partial charge in [-0.25, -0.2) is 14.2 Å². The van der Waals surface area contributed by atoms with Gasteiger partial charge in [-0.05, 0) is 43.4 Å². The number of hydrogen-bond acceptors (Lipinski definition) is 8. The topological polar surface area (TPSA) is 119 Å². The maximum Gasteiger partial charge on any atom is 0.410 e. The Hall–Kier alpha value is -4.19. The monoisotopic (exact) mass is 596 g/mol. The van der Waals surface area contributed by atoms with Crippen LogP contribution in [-0.2, 0) is 22.7 Å².